The van der Waals surface area contributed by atoms with Gasteiger partial charge >= 0.3 is 6.09 Å². The molecule has 0 bridgehead atoms. The van der Waals surface area contributed by atoms with Crippen molar-refractivity contribution in [3.63, 3.8) is 0 Å². The number of benzene rings is 2. The number of hydrogen-bond acceptors (Lipinski definition) is 8. The first-order valence-electron chi connectivity index (χ1n) is 14.0. The molecule has 0 radical (unpaired) electrons. The van der Waals surface area contributed by atoms with E-state index in [1.54, 1.807) is 20.8 Å². The fraction of sp³-hybridized carbons (Fsp3) is 0.483. The minimum Gasteiger partial charge on any atom is -0.444 e. The fourth-order valence-electron chi connectivity index (χ4n) is 4.74. The van der Waals surface area contributed by atoms with Crippen molar-refractivity contribution in [2.24, 2.45) is 0 Å². The van der Waals surface area contributed by atoms with Gasteiger partial charge in [0.2, 0.25) is 11.9 Å². The molecule has 42 heavy (non-hydrogen) atoms. The number of nitrogens with zero attached hydrogens (tertiary/aromatic N) is 2. The first-order chi connectivity index (χ1) is 19.8. The number of ether oxygens (including phenoxy) is 1. The van der Waals surface area contributed by atoms with Gasteiger partial charge in [0.05, 0.1) is 40.7 Å². The molecule has 1 fully saturated rings. The number of sulfonamides is 1. The number of alkyl carbamates (subject to hydrolysis) is 1. The Balaban J connectivity index is 1.62. The molecule has 228 valence electrons. The predicted molar refractivity (Wildman–Crippen MR) is 157 cm³/mol. The van der Waals surface area contributed by atoms with Gasteiger partial charge in [-0.2, -0.15) is 0 Å². The Morgan fingerprint density at radius 2 is 1.83 bits per heavy atom. The number of amides is 2. The van der Waals surface area contributed by atoms with E-state index in [1.165, 1.54) is 25.1 Å². The lowest BCUT2D eigenvalue weighted by atomic mass is 10.0. The summed E-state index contributed by atoms with van der Waals surface area (Å²) < 4.78 is 34.1. The number of aromatic nitrogens is 2. The molecule has 0 saturated heterocycles. The number of H-pyrrole nitrogens is 1. The molecule has 4 rings (SSSR count). The Morgan fingerprint density at radius 1 is 1.14 bits per heavy atom. The van der Waals surface area contributed by atoms with Crippen LogP contribution >= 0.6 is 0 Å². The first kappa shape index (κ1) is 31.4. The number of carbonyl (C=O) groups excluding carboxylic acids is 2. The van der Waals surface area contributed by atoms with Gasteiger partial charge in [0.25, 0.3) is 10.0 Å². The van der Waals surface area contributed by atoms with Gasteiger partial charge in [-0.15, -0.1) is 0 Å². The molecule has 1 saturated carbocycles. The zero-order valence-electron chi connectivity index (χ0n) is 24.3. The summed E-state index contributed by atoms with van der Waals surface area (Å²) >= 11 is 0. The number of rotatable bonds is 11. The average molecular weight is 602 g/mol. The normalized spacial score (nSPS) is 16.0. The van der Waals surface area contributed by atoms with Crippen LogP contribution in [0.3, 0.4) is 0 Å². The molecule has 13 heteroatoms. The van der Waals surface area contributed by atoms with Crippen LogP contribution < -0.4 is 10.6 Å². The molecule has 0 spiro atoms. The van der Waals surface area contributed by atoms with Crippen molar-refractivity contribution in [1.82, 2.24) is 19.8 Å². The summed E-state index contributed by atoms with van der Waals surface area (Å²) in [5, 5.41) is 16.7. The standard InChI is InChI=1S/C29H39N5O7S/c1-19(35)30-27-31-23-15-14-22(17-24(23)32-27)42(38,39)34(41-21-12-8-9-13-21)18-26(36)25(16-20-10-6-5-7-11-20)33-28(37)40-29(2,3)4/h5-7,10-11,14-15,17,21,25-26,36H,8-9,12-13,16,18H2,1-4H3,(H,33,37)(H2,30,31,32,35)/t25-,26?/m0/s1. The van der Waals surface area contributed by atoms with Gasteiger partial charge in [-0.3, -0.25) is 14.9 Å². The van der Waals surface area contributed by atoms with E-state index >= 15 is 0 Å². The van der Waals surface area contributed by atoms with Gasteiger partial charge < -0.3 is 20.1 Å². The number of aliphatic hydroxyl groups excluding tert-OH is 1. The summed E-state index contributed by atoms with van der Waals surface area (Å²) in [6.45, 7) is 6.09. The number of imidazole rings is 1. The van der Waals surface area contributed by atoms with Gasteiger partial charge in [0.15, 0.2) is 0 Å². The molecule has 3 aromatic rings. The lowest BCUT2D eigenvalue weighted by Crippen LogP contribution is -2.51. The summed E-state index contributed by atoms with van der Waals surface area (Å²) in [5.74, 6) is -0.129. The maximum Gasteiger partial charge on any atom is 0.407 e. The Hall–Kier alpha value is -3.52. The van der Waals surface area contributed by atoms with Gasteiger partial charge in [-0.05, 0) is 63.8 Å². The van der Waals surface area contributed by atoms with Crippen LogP contribution in [0.4, 0.5) is 10.7 Å². The molecule has 1 aliphatic rings. The monoisotopic (exact) mass is 601 g/mol. The molecular weight excluding hydrogens is 562 g/mol. The minimum atomic E-state index is -4.28. The Kier molecular flexibility index (Phi) is 9.87. The lowest BCUT2D eigenvalue weighted by Gasteiger charge is -2.31. The number of carbonyl (C=O) groups is 2. The van der Waals surface area contributed by atoms with Gasteiger partial charge in [0, 0.05) is 6.92 Å². The summed E-state index contributed by atoms with van der Waals surface area (Å²) in [4.78, 5) is 37.2. The van der Waals surface area contributed by atoms with Crippen LogP contribution in [0.1, 0.15) is 58.9 Å². The maximum absolute atomic E-state index is 13.9. The van der Waals surface area contributed by atoms with Crippen molar-refractivity contribution in [2.45, 2.75) is 88.5 Å². The Morgan fingerprint density at radius 3 is 2.48 bits per heavy atom. The second-order valence-electron chi connectivity index (χ2n) is 11.5. The van der Waals surface area contributed by atoms with Gasteiger partial charge in [-0.1, -0.05) is 47.6 Å². The number of anilines is 1. The molecule has 2 atom stereocenters. The molecular formula is C29H39N5O7S. The third-order valence-electron chi connectivity index (χ3n) is 6.68. The number of hydroxylamine groups is 1. The van der Waals surface area contributed by atoms with Gasteiger partial charge in [-0.25, -0.2) is 18.2 Å². The molecule has 12 nitrogen and oxygen atoms in total. The van der Waals surface area contributed by atoms with Crippen molar-refractivity contribution in [2.75, 3.05) is 11.9 Å². The quantitative estimate of drug-likeness (QED) is 0.241. The van der Waals surface area contributed by atoms with Gasteiger partial charge in [0.1, 0.15) is 5.60 Å². The van der Waals surface area contributed by atoms with Crippen molar-refractivity contribution in [3.05, 3.63) is 54.1 Å². The second-order valence-corrected chi connectivity index (χ2v) is 13.3. The molecule has 1 heterocycles. The van der Waals surface area contributed by atoms with E-state index < -0.39 is 40.4 Å². The smallest absolute Gasteiger partial charge is 0.407 e. The van der Waals surface area contributed by atoms with Crippen molar-refractivity contribution < 1.29 is 32.7 Å². The Bertz CT molecular complexity index is 1480. The van der Waals surface area contributed by atoms with Crippen LogP contribution in [-0.4, -0.2) is 70.4 Å². The molecule has 4 N–H and O–H groups in total. The topological polar surface area (TPSA) is 163 Å². The number of fused-ring (bicyclic) bond motifs is 1. The number of hydrogen-bond donors (Lipinski definition) is 4. The third-order valence-corrected chi connectivity index (χ3v) is 8.30. The minimum absolute atomic E-state index is 0.0852. The molecule has 2 amide bonds. The number of nitrogens with one attached hydrogen (secondary N) is 3. The van der Waals surface area contributed by atoms with E-state index in [0.717, 1.165) is 22.9 Å². The summed E-state index contributed by atoms with van der Waals surface area (Å²) in [5.41, 5.74) is 0.932. The molecule has 1 aromatic heterocycles. The van der Waals surface area contributed by atoms with Crippen molar-refractivity contribution in [1.29, 1.82) is 0 Å². The SMILES string of the molecule is CC(=O)Nc1nc2ccc(S(=O)(=O)N(CC(O)[C@H](Cc3ccccc3)NC(=O)OC(C)(C)C)OC3CCCC3)cc2[nH]1. The molecule has 1 unspecified atom stereocenters. The lowest BCUT2D eigenvalue weighted by molar-refractivity contribution is -0.145. The highest BCUT2D eigenvalue weighted by Gasteiger charge is 2.35. The van der Waals surface area contributed by atoms with E-state index in [-0.39, 0.29) is 29.3 Å². The van der Waals surface area contributed by atoms with Crippen LogP contribution in [-0.2, 0) is 30.8 Å². The fourth-order valence-corrected chi connectivity index (χ4v) is 6.07. The van der Waals surface area contributed by atoms with E-state index in [0.29, 0.717) is 23.9 Å². The zero-order chi connectivity index (χ0) is 30.5. The zero-order valence-corrected chi connectivity index (χ0v) is 25.1. The Labute approximate surface area is 245 Å². The third kappa shape index (κ3) is 8.51. The van der Waals surface area contributed by atoms with Crippen LogP contribution in [0, 0.1) is 0 Å². The van der Waals surface area contributed by atoms with E-state index in [9.17, 15) is 23.1 Å². The van der Waals surface area contributed by atoms with Crippen LogP contribution in [0.2, 0.25) is 0 Å². The van der Waals surface area contributed by atoms with Crippen LogP contribution in [0.15, 0.2) is 53.4 Å². The van der Waals surface area contributed by atoms with E-state index in [1.807, 2.05) is 30.3 Å². The first-order valence-corrected chi connectivity index (χ1v) is 15.4. The number of aliphatic hydroxyl groups is 1. The molecule has 2 aromatic carbocycles. The highest BCUT2D eigenvalue weighted by atomic mass is 32.2. The predicted octanol–water partition coefficient (Wildman–Crippen LogP) is 3.88. The van der Waals surface area contributed by atoms with E-state index in [4.69, 9.17) is 9.57 Å². The van der Waals surface area contributed by atoms with Crippen molar-refractivity contribution >= 4 is 39.0 Å². The highest BCUT2D eigenvalue weighted by molar-refractivity contribution is 7.89. The maximum atomic E-state index is 13.9. The number of aromatic amines is 1. The van der Waals surface area contributed by atoms with E-state index in [2.05, 4.69) is 20.6 Å². The van der Waals surface area contributed by atoms with Crippen LogP contribution in [0.5, 0.6) is 0 Å². The summed E-state index contributed by atoms with van der Waals surface area (Å²) in [7, 11) is -4.28. The summed E-state index contributed by atoms with van der Waals surface area (Å²) in [6.07, 6.45) is 1.000. The molecule has 1 aliphatic carbocycles. The second kappa shape index (κ2) is 13.2. The average Bonchev–Trinajstić information content (AvgIpc) is 3.55. The highest BCUT2D eigenvalue weighted by Crippen LogP contribution is 2.27. The van der Waals surface area contributed by atoms with Crippen LogP contribution in [0.25, 0.3) is 11.0 Å². The summed E-state index contributed by atoms with van der Waals surface area (Å²) in [6, 6.07) is 12.7. The van der Waals surface area contributed by atoms with Crippen molar-refractivity contribution in [3.8, 4) is 0 Å². The largest absolute Gasteiger partial charge is 0.444 e. The molecule has 0 aliphatic heterocycles.